The normalized spacial score (nSPS) is 23.6. The van der Waals surface area contributed by atoms with Crippen LogP contribution in [0.25, 0.3) is 5.57 Å². The summed E-state index contributed by atoms with van der Waals surface area (Å²) in [6, 6.07) is 0. The van der Waals surface area contributed by atoms with Gasteiger partial charge in [-0.15, -0.1) is 0 Å². The summed E-state index contributed by atoms with van der Waals surface area (Å²) in [6.07, 6.45) is 3.92. The van der Waals surface area contributed by atoms with Crippen molar-refractivity contribution in [3.05, 3.63) is 35.7 Å². The second kappa shape index (κ2) is 5.35. The van der Waals surface area contributed by atoms with Gasteiger partial charge >= 0.3 is 0 Å². The van der Waals surface area contributed by atoms with E-state index < -0.39 is 6.17 Å². The summed E-state index contributed by atoms with van der Waals surface area (Å²) in [7, 11) is 1.59. The molecular weight excluding hydrogens is 233 g/mol. The fourth-order valence-electron chi connectivity index (χ4n) is 1.90. The van der Waals surface area contributed by atoms with Crippen LogP contribution in [0.4, 0.5) is 4.39 Å². The van der Waals surface area contributed by atoms with Gasteiger partial charge in [0, 0.05) is 18.6 Å². The molecule has 0 saturated heterocycles. The summed E-state index contributed by atoms with van der Waals surface area (Å²) in [5.41, 5.74) is 1.62. The molecule has 0 fully saturated rings. The molecule has 0 aliphatic heterocycles. The van der Waals surface area contributed by atoms with Crippen molar-refractivity contribution in [3.8, 4) is 0 Å². The van der Waals surface area contributed by atoms with Gasteiger partial charge in [-0.2, -0.15) is 0 Å². The molecule has 1 aliphatic rings. The topological polar surface area (TPSA) is 47.9 Å². The van der Waals surface area contributed by atoms with Gasteiger partial charge in [0.2, 0.25) is 0 Å². The molecule has 0 saturated carbocycles. The molecule has 2 rings (SSSR count). The lowest BCUT2D eigenvalue weighted by Gasteiger charge is -2.21. The number of halogens is 1. The minimum Gasteiger partial charge on any atom is -0.380 e. The molecule has 5 heteroatoms. The standard InChI is InChI=1S/C13H16FN3O/c1-8-4-11(10(6-18-3)5-12(8)14)13-16-7-15-9(2)17-13/h4-5,7-8,12H,6H2,1-3H3/t8?,12-/m0/s1. The SMILES string of the molecule is COCC1=C[C@H](F)C(C)C=C1c1ncnc(C)n1. The van der Waals surface area contributed by atoms with Crippen molar-refractivity contribution in [2.24, 2.45) is 5.92 Å². The molecule has 1 unspecified atom stereocenters. The van der Waals surface area contributed by atoms with E-state index in [0.29, 0.717) is 18.3 Å². The largest absolute Gasteiger partial charge is 0.380 e. The third-order valence-corrected chi connectivity index (χ3v) is 2.87. The maximum Gasteiger partial charge on any atom is 0.163 e. The van der Waals surface area contributed by atoms with Gasteiger partial charge in [0.15, 0.2) is 5.82 Å². The molecule has 4 nitrogen and oxygen atoms in total. The van der Waals surface area contributed by atoms with Crippen LogP contribution in [0.3, 0.4) is 0 Å². The van der Waals surface area contributed by atoms with Crippen LogP contribution < -0.4 is 0 Å². The van der Waals surface area contributed by atoms with E-state index in [9.17, 15) is 4.39 Å². The monoisotopic (exact) mass is 249 g/mol. The maximum atomic E-state index is 13.7. The first kappa shape index (κ1) is 12.8. The van der Waals surface area contributed by atoms with E-state index in [0.717, 1.165) is 11.1 Å². The smallest absolute Gasteiger partial charge is 0.163 e. The number of alkyl halides is 1. The van der Waals surface area contributed by atoms with Gasteiger partial charge in [0.1, 0.15) is 18.3 Å². The predicted molar refractivity (Wildman–Crippen MR) is 66.6 cm³/mol. The summed E-state index contributed by atoms with van der Waals surface area (Å²) in [5.74, 6) is 1.04. The van der Waals surface area contributed by atoms with Crippen LogP contribution in [0.15, 0.2) is 24.1 Å². The van der Waals surface area contributed by atoms with Gasteiger partial charge < -0.3 is 4.74 Å². The number of methoxy groups -OCH3 is 1. The Bertz CT molecular complexity index is 499. The highest BCUT2D eigenvalue weighted by Crippen LogP contribution is 2.30. The van der Waals surface area contributed by atoms with E-state index in [-0.39, 0.29) is 5.92 Å². The van der Waals surface area contributed by atoms with Gasteiger partial charge in [-0.05, 0) is 18.6 Å². The Morgan fingerprint density at radius 1 is 1.33 bits per heavy atom. The van der Waals surface area contributed by atoms with Crippen molar-refractivity contribution in [3.63, 3.8) is 0 Å². The lowest BCUT2D eigenvalue weighted by Crippen LogP contribution is -2.17. The molecule has 96 valence electrons. The lowest BCUT2D eigenvalue weighted by molar-refractivity contribution is 0.226. The summed E-state index contributed by atoms with van der Waals surface area (Å²) >= 11 is 0. The molecule has 0 N–H and O–H groups in total. The minimum atomic E-state index is -0.984. The Kier molecular flexibility index (Phi) is 3.81. The molecular formula is C13H16FN3O. The van der Waals surface area contributed by atoms with Crippen LogP contribution in [-0.2, 0) is 4.74 Å². The second-order valence-electron chi connectivity index (χ2n) is 4.37. The molecule has 0 amide bonds. The van der Waals surface area contributed by atoms with E-state index in [4.69, 9.17) is 4.74 Å². The van der Waals surface area contributed by atoms with Crippen molar-refractivity contribution in [2.45, 2.75) is 20.0 Å². The molecule has 0 radical (unpaired) electrons. The number of ether oxygens (including phenoxy) is 1. The number of hydrogen-bond acceptors (Lipinski definition) is 4. The van der Waals surface area contributed by atoms with E-state index in [1.807, 2.05) is 13.0 Å². The summed E-state index contributed by atoms with van der Waals surface area (Å²) < 4.78 is 18.8. The molecule has 0 bridgehead atoms. The highest BCUT2D eigenvalue weighted by atomic mass is 19.1. The quantitative estimate of drug-likeness (QED) is 0.823. The van der Waals surface area contributed by atoms with Gasteiger partial charge in [0.25, 0.3) is 0 Å². The fraction of sp³-hybridized carbons (Fsp3) is 0.462. The van der Waals surface area contributed by atoms with Crippen molar-refractivity contribution in [2.75, 3.05) is 13.7 Å². The molecule has 18 heavy (non-hydrogen) atoms. The highest BCUT2D eigenvalue weighted by Gasteiger charge is 2.23. The summed E-state index contributed by atoms with van der Waals surface area (Å²) in [6.45, 7) is 3.98. The first-order chi connectivity index (χ1) is 8.61. The predicted octanol–water partition coefficient (Wildman–Crippen LogP) is 2.12. The molecule has 0 aromatic carbocycles. The van der Waals surface area contributed by atoms with Crippen LogP contribution >= 0.6 is 0 Å². The maximum absolute atomic E-state index is 13.7. The van der Waals surface area contributed by atoms with Gasteiger partial charge in [-0.25, -0.2) is 19.3 Å². The molecule has 2 atom stereocenters. The van der Waals surface area contributed by atoms with Gasteiger partial charge in [-0.3, -0.25) is 0 Å². The van der Waals surface area contributed by atoms with Crippen molar-refractivity contribution >= 4 is 5.57 Å². The van der Waals surface area contributed by atoms with Crippen LogP contribution in [0.2, 0.25) is 0 Å². The van der Waals surface area contributed by atoms with Gasteiger partial charge in [-0.1, -0.05) is 13.0 Å². The van der Waals surface area contributed by atoms with Gasteiger partial charge in [0.05, 0.1) is 6.61 Å². The zero-order valence-electron chi connectivity index (χ0n) is 10.7. The zero-order valence-corrected chi connectivity index (χ0v) is 10.7. The molecule has 1 aromatic rings. The van der Waals surface area contributed by atoms with Crippen LogP contribution in [-0.4, -0.2) is 34.8 Å². The summed E-state index contributed by atoms with van der Waals surface area (Å²) in [5, 5.41) is 0. The van der Waals surface area contributed by atoms with E-state index in [2.05, 4.69) is 15.0 Å². The summed E-state index contributed by atoms with van der Waals surface area (Å²) in [4.78, 5) is 12.4. The number of hydrogen-bond donors (Lipinski definition) is 0. The minimum absolute atomic E-state index is 0.183. The Balaban J connectivity index is 2.40. The first-order valence-corrected chi connectivity index (χ1v) is 5.83. The zero-order chi connectivity index (χ0) is 13.1. The molecule has 1 heterocycles. The second-order valence-corrected chi connectivity index (χ2v) is 4.37. The molecule has 1 aliphatic carbocycles. The average Bonchev–Trinajstić information content (AvgIpc) is 2.34. The Morgan fingerprint density at radius 2 is 2.11 bits per heavy atom. The highest BCUT2D eigenvalue weighted by molar-refractivity contribution is 5.77. The fourth-order valence-corrected chi connectivity index (χ4v) is 1.90. The number of nitrogens with zero attached hydrogens (tertiary/aromatic N) is 3. The Labute approximate surface area is 106 Å². The van der Waals surface area contributed by atoms with E-state index in [1.165, 1.54) is 6.33 Å². The van der Waals surface area contributed by atoms with Crippen LogP contribution in [0.1, 0.15) is 18.6 Å². The van der Waals surface area contributed by atoms with E-state index in [1.54, 1.807) is 20.1 Å². The first-order valence-electron chi connectivity index (χ1n) is 5.83. The lowest BCUT2D eigenvalue weighted by atomic mass is 9.90. The number of aryl methyl sites for hydroxylation is 1. The average molecular weight is 249 g/mol. The third kappa shape index (κ3) is 2.61. The van der Waals surface area contributed by atoms with Crippen LogP contribution in [0, 0.1) is 12.8 Å². The Morgan fingerprint density at radius 3 is 2.78 bits per heavy atom. The van der Waals surface area contributed by atoms with Crippen LogP contribution in [0.5, 0.6) is 0 Å². The van der Waals surface area contributed by atoms with E-state index >= 15 is 0 Å². The van der Waals surface area contributed by atoms with Crippen molar-refractivity contribution in [1.82, 2.24) is 15.0 Å². The number of rotatable bonds is 3. The number of allylic oxidation sites excluding steroid dienone is 2. The molecule has 0 spiro atoms. The Hall–Kier alpha value is -1.62. The molecule has 1 aromatic heterocycles. The van der Waals surface area contributed by atoms with Crippen molar-refractivity contribution in [1.29, 1.82) is 0 Å². The number of aromatic nitrogens is 3. The van der Waals surface area contributed by atoms with Crippen molar-refractivity contribution < 1.29 is 9.13 Å². The third-order valence-electron chi connectivity index (χ3n) is 2.87.